The molecule has 0 atom stereocenters. The lowest BCUT2D eigenvalue weighted by molar-refractivity contribution is -0.0266. The fourth-order valence-corrected chi connectivity index (χ4v) is 5.38. The summed E-state index contributed by atoms with van der Waals surface area (Å²) in [4.78, 5) is 21.2. The molecule has 2 fully saturated rings. The van der Waals surface area contributed by atoms with E-state index in [9.17, 15) is 14.4 Å². The normalized spacial score (nSPS) is 18.9. The van der Waals surface area contributed by atoms with Crippen LogP contribution in [0.1, 0.15) is 44.0 Å². The summed E-state index contributed by atoms with van der Waals surface area (Å²) in [7, 11) is 0. The van der Waals surface area contributed by atoms with Crippen LogP contribution in [0, 0.1) is 22.6 Å². The lowest BCUT2D eigenvalue weighted by atomic mass is 9.79. The minimum absolute atomic E-state index is 0.0301. The molecule has 178 valence electrons. The van der Waals surface area contributed by atoms with E-state index in [0.717, 1.165) is 30.8 Å². The van der Waals surface area contributed by atoms with Crippen molar-refractivity contribution in [1.29, 1.82) is 5.26 Å². The van der Waals surface area contributed by atoms with E-state index in [1.54, 1.807) is 23.1 Å². The molecule has 2 saturated heterocycles. The van der Waals surface area contributed by atoms with Crippen molar-refractivity contribution < 1.29 is 13.9 Å². The highest BCUT2D eigenvalue weighted by molar-refractivity contribution is 5.81. The maximum Gasteiger partial charge on any atom is 0.410 e. The van der Waals surface area contributed by atoms with Gasteiger partial charge in [-0.25, -0.2) is 14.2 Å². The Morgan fingerprint density at radius 1 is 1.26 bits per heavy atom. The molecule has 0 saturated carbocycles. The Labute approximate surface area is 199 Å². The molecule has 0 radical (unpaired) electrons. The number of hydrogen-bond donors (Lipinski definition) is 1. The van der Waals surface area contributed by atoms with E-state index in [-0.39, 0.29) is 17.3 Å². The van der Waals surface area contributed by atoms with Gasteiger partial charge in [0.1, 0.15) is 28.9 Å². The number of likely N-dealkylation sites (tertiary alicyclic amines) is 1. The number of pyridine rings is 1. The number of fused-ring (bicyclic) bond motifs is 1. The summed E-state index contributed by atoms with van der Waals surface area (Å²) >= 11 is 0. The molecule has 1 spiro atoms. The fraction of sp³-hybridized carbons (Fsp3) is 0.500. The molecule has 0 aliphatic carbocycles. The number of hydrogen-bond acceptors (Lipinski definition) is 6. The second-order valence-electron chi connectivity index (χ2n) is 10.6. The Kier molecular flexibility index (Phi) is 5.48. The van der Waals surface area contributed by atoms with E-state index in [4.69, 9.17) is 9.72 Å². The highest BCUT2D eigenvalue weighted by atomic mass is 19.1. The van der Waals surface area contributed by atoms with Gasteiger partial charge in [-0.15, -0.1) is 0 Å². The minimum Gasteiger partial charge on any atom is -0.444 e. The minimum atomic E-state index is -0.520. The molecule has 2 aromatic rings. The molecule has 3 aliphatic heterocycles. The maximum atomic E-state index is 14.9. The number of nitrogens with zero attached hydrogens (tertiary/aromatic N) is 4. The second kappa shape index (κ2) is 8.24. The van der Waals surface area contributed by atoms with Gasteiger partial charge in [0.05, 0.1) is 5.69 Å². The maximum absolute atomic E-state index is 14.9. The summed E-state index contributed by atoms with van der Waals surface area (Å²) in [6.45, 7) is 9.68. The molecular weight excluding hydrogens is 433 g/mol. The Bertz CT molecular complexity index is 1180. The largest absolute Gasteiger partial charge is 0.444 e. The highest BCUT2D eigenvalue weighted by Gasteiger charge is 2.51. The van der Waals surface area contributed by atoms with E-state index in [1.807, 2.05) is 20.8 Å². The van der Waals surface area contributed by atoms with Crippen LogP contribution in [0.25, 0.3) is 11.1 Å². The molecule has 3 aliphatic rings. The van der Waals surface area contributed by atoms with Crippen molar-refractivity contribution in [3.8, 4) is 17.2 Å². The number of halogens is 1. The van der Waals surface area contributed by atoms with Crippen LogP contribution >= 0.6 is 0 Å². The molecule has 0 unspecified atom stereocenters. The fourth-order valence-electron chi connectivity index (χ4n) is 5.38. The Morgan fingerprint density at radius 3 is 2.74 bits per heavy atom. The third-order valence-corrected chi connectivity index (χ3v) is 6.91. The number of carbonyl (C=O) groups is 1. The van der Waals surface area contributed by atoms with Gasteiger partial charge in [-0.2, -0.15) is 5.26 Å². The van der Waals surface area contributed by atoms with Gasteiger partial charge in [0.25, 0.3) is 0 Å². The molecule has 0 bridgehead atoms. The zero-order valence-electron chi connectivity index (χ0n) is 19.9. The van der Waals surface area contributed by atoms with Crippen molar-refractivity contribution in [3.63, 3.8) is 0 Å². The standard InChI is InChI=1S/C26H30FN5O2/c1-25(2,3)34-24(33)32-15-26(16-32)9-11-31(14-26)23-19(12-28)22(17-6-4-5-7-20(17)27)18-8-10-29-13-21(18)30-23/h4-7,29H,8-11,13-16H2,1-3H3. The summed E-state index contributed by atoms with van der Waals surface area (Å²) < 4.78 is 20.4. The third kappa shape index (κ3) is 3.98. The lowest BCUT2D eigenvalue weighted by Crippen LogP contribution is -2.60. The van der Waals surface area contributed by atoms with Crippen LogP contribution < -0.4 is 10.2 Å². The molecule has 1 amide bonds. The summed E-state index contributed by atoms with van der Waals surface area (Å²) in [6.07, 6.45) is 1.33. The molecular formula is C26H30FN5O2. The predicted molar refractivity (Wildman–Crippen MR) is 127 cm³/mol. The Balaban J connectivity index is 1.46. The van der Waals surface area contributed by atoms with Gasteiger partial charge in [0, 0.05) is 49.3 Å². The second-order valence-corrected chi connectivity index (χ2v) is 10.6. The van der Waals surface area contributed by atoms with E-state index < -0.39 is 5.60 Å². The summed E-state index contributed by atoms with van der Waals surface area (Å²) in [5.74, 6) is 0.289. The number of benzene rings is 1. The average molecular weight is 464 g/mol. The summed E-state index contributed by atoms with van der Waals surface area (Å²) in [5, 5.41) is 13.6. The van der Waals surface area contributed by atoms with Gasteiger partial charge >= 0.3 is 6.09 Å². The van der Waals surface area contributed by atoms with Crippen molar-refractivity contribution in [2.75, 3.05) is 37.6 Å². The van der Waals surface area contributed by atoms with Gasteiger partial charge in [-0.1, -0.05) is 18.2 Å². The number of nitriles is 1. The molecule has 4 heterocycles. The topological polar surface area (TPSA) is 81.5 Å². The number of aromatic nitrogens is 1. The van der Waals surface area contributed by atoms with Crippen LogP contribution in [-0.2, 0) is 17.7 Å². The van der Waals surface area contributed by atoms with Crippen LogP contribution in [0.15, 0.2) is 24.3 Å². The Hall–Kier alpha value is -3.18. The van der Waals surface area contributed by atoms with Crippen molar-refractivity contribution >= 4 is 11.9 Å². The first-order chi connectivity index (χ1) is 16.2. The predicted octanol–water partition coefficient (Wildman–Crippen LogP) is 3.85. The third-order valence-electron chi connectivity index (χ3n) is 6.91. The molecule has 1 aromatic carbocycles. The lowest BCUT2D eigenvalue weighted by Gasteiger charge is -2.47. The average Bonchev–Trinajstić information content (AvgIpc) is 3.22. The van der Waals surface area contributed by atoms with E-state index in [0.29, 0.717) is 55.1 Å². The molecule has 7 nitrogen and oxygen atoms in total. The first-order valence-electron chi connectivity index (χ1n) is 11.8. The van der Waals surface area contributed by atoms with Crippen molar-refractivity contribution in [2.24, 2.45) is 5.41 Å². The zero-order chi connectivity index (χ0) is 24.1. The smallest absolute Gasteiger partial charge is 0.410 e. The quantitative estimate of drug-likeness (QED) is 0.729. The van der Waals surface area contributed by atoms with Crippen molar-refractivity contribution in [2.45, 2.75) is 45.8 Å². The van der Waals surface area contributed by atoms with Crippen molar-refractivity contribution in [3.05, 3.63) is 46.9 Å². The van der Waals surface area contributed by atoms with E-state index in [2.05, 4.69) is 16.3 Å². The number of amides is 1. The van der Waals surface area contributed by atoms with Gasteiger partial charge in [-0.3, -0.25) is 0 Å². The van der Waals surface area contributed by atoms with Crippen molar-refractivity contribution in [1.82, 2.24) is 15.2 Å². The number of carbonyl (C=O) groups excluding carboxylic acids is 1. The van der Waals surface area contributed by atoms with Gasteiger partial charge < -0.3 is 19.9 Å². The molecule has 1 N–H and O–H groups in total. The van der Waals surface area contributed by atoms with Gasteiger partial charge in [-0.05, 0) is 51.8 Å². The number of nitrogens with one attached hydrogen (secondary N) is 1. The van der Waals surface area contributed by atoms with Gasteiger partial charge in [0.15, 0.2) is 0 Å². The van der Waals surface area contributed by atoms with Gasteiger partial charge in [0.2, 0.25) is 0 Å². The van der Waals surface area contributed by atoms with Crippen LogP contribution in [-0.4, -0.2) is 54.3 Å². The van der Waals surface area contributed by atoms with Crippen LogP contribution in [0.3, 0.4) is 0 Å². The van der Waals surface area contributed by atoms with Crippen LogP contribution in [0.4, 0.5) is 15.0 Å². The molecule has 8 heteroatoms. The number of rotatable bonds is 2. The SMILES string of the molecule is CC(C)(C)OC(=O)N1CC2(CCN(c3nc4c(c(-c5ccccc5F)c3C#N)CCNC4)C2)C1. The van der Waals surface area contributed by atoms with E-state index in [1.165, 1.54) is 6.07 Å². The monoisotopic (exact) mass is 463 g/mol. The first-order valence-corrected chi connectivity index (χ1v) is 11.8. The number of ether oxygens (including phenoxy) is 1. The number of anilines is 1. The zero-order valence-corrected chi connectivity index (χ0v) is 19.9. The van der Waals surface area contributed by atoms with Crippen LogP contribution in [0.2, 0.25) is 0 Å². The molecule has 5 rings (SSSR count). The summed E-state index contributed by atoms with van der Waals surface area (Å²) in [6, 6.07) is 9.01. The first kappa shape index (κ1) is 22.6. The molecule has 34 heavy (non-hydrogen) atoms. The molecule has 1 aromatic heterocycles. The highest BCUT2D eigenvalue weighted by Crippen LogP contribution is 2.44. The van der Waals surface area contributed by atoms with Crippen LogP contribution in [0.5, 0.6) is 0 Å². The summed E-state index contributed by atoms with van der Waals surface area (Å²) in [5.41, 5.74) is 2.85. The van der Waals surface area contributed by atoms with E-state index >= 15 is 0 Å². The Morgan fingerprint density at radius 2 is 2.03 bits per heavy atom.